The fourth-order valence-corrected chi connectivity index (χ4v) is 3.87. The van der Waals surface area contributed by atoms with Crippen molar-refractivity contribution in [1.82, 2.24) is 10.2 Å². The smallest absolute Gasteiger partial charge is 0.194 e. The first-order valence-corrected chi connectivity index (χ1v) is 9.69. The summed E-state index contributed by atoms with van der Waals surface area (Å²) in [5, 5.41) is 14.4. The van der Waals surface area contributed by atoms with Crippen LogP contribution in [0.25, 0.3) is 0 Å². The molecule has 1 fully saturated rings. The number of methoxy groups -OCH3 is 1. The second-order valence-corrected chi connectivity index (χ2v) is 7.24. The molecule has 0 spiro atoms. The number of aliphatic hydroxyl groups excluding tert-OH is 1. The minimum atomic E-state index is -0.606. The van der Waals surface area contributed by atoms with Crippen molar-refractivity contribution in [2.45, 2.75) is 31.6 Å². The van der Waals surface area contributed by atoms with Gasteiger partial charge in [0, 0.05) is 30.6 Å². The minimum absolute atomic E-state index is 0. The summed E-state index contributed by atoms with van der Waals surface area (Å²) >= 11 is 2.04. The molecule has 0 aromatic heterocycles. The Morgan fingerprint density at radius 3 is 2.72 bits per heavy atom. The van der Waals surface area contributed by atoms with E-state index < -0.39 is 6.10 Å². The highest BCUT2D eigenvalue weighted by Gasteiger charge is 2.21. The van der Waals surface area contributed by atoms with Crippen LogP contribution in [0.1, 0.15) is 31.9 Å². The standard InChI is InChI=1S/C18H29N3O2S.HI/c1-4-16-13-21(10-11-24-16)18(19-5-2)20-12-17(22)14-6-8-15(23-3)9-7-14;/h6-9,16-17,22H,4-5,10-13H2,1-3H3,(H,19,20);1H. The lowest BCUT2D eigenvalue weighted by Crippen LogP contribution is -2.48. The summed E-state index contributed by atoms with van der Waals surface area (Å²) in [7, 11) is 1.64. The number of ether oxygens (including phenoxy) is 1. The summed E-state index contributed by atoms with van der Waals surface area (Å²) < 4.78 is 5.15. The molecule has 2 atom stereocenters. The lowest BCUT2D eigenvalue weighted by molar-refractivity contribution is 0.186. The molecule has 2 N–H and O–H groups in total. The third-order valence-corrected chi connectivity index (χ3v) is 5.52. The third-order valence-electron chi connectivity index (χ3n) is 4.14. The van der Waals surface area contributed by atoms with Gasteiger partial charge in [-0.15, -0.1) is 24.0 Å². The van der Waals surface area contributed by atoms with Crippen LogP contribution in [-0.4, -0.2) is 60.3 Å². The van der Waals surface area contributed by atoms with Crippen LogP contribution >= 0.6 is 35.7 Å². The van der Waals surface area contributed by atoms with Crippen molar-refractivity contribution in [2.75, 3.05) is 39.0 Å². The molecule has 0 bridgehead atoms. The van der Waals surface area contributed by atoms with E-state index in [9.17, 15) is 5.11 Å². The topological polar surface area (TPSA) is 57.1 Å². The lowest BCUT2D eigenvalue weighted by Gasteiger charge is -2.34. The number of hydrogen-bond donors (Lipinski definition) is 2. The third kappa shape index (κ3) is 6.86. The lowest BCUT2D eigenvalue weighted by atomic mass is 10.1. The highest BCUT2D eigenvalue weighted by molar-refractivity contribution is 14.0. The number of halogens is 1. The number of hydrogen-bond acceptors (Lipinski definition) is 4. The van der Waals surface area contributed by atoms with Gasteiger partial charge in [-0.2, -0.15) is 11.8 Å². The highest BCUT2D eigenvalue weighted by atomic mass is 127. The van der Waals surface area contributed by atoms with Crippen LogP contribution in [-0.2, 0) is 0 Å². The number of aliphatic imine (C=N–C) groups is 1. The van der Waals surface area contributed by atoms with Crippen molar-refractivity contribution in [3.05, 3.63) is 29.8 Å². The second kappa shape index (κ2) is 11.9. The predicted molar refractivity (Wildman–Crippen MR) is 117 cm³/mol. The zero-order valence-corrected chi connectivity index (χ0v) is 18.4. The SMILES string of the molecule is CCNC(=NCC(O)c1ccc(OC)cc1)N1CCSC(CC)C1.I. The van der Waals surface area contributed by atoms with E-state index in [4.69, 9.17) is 4.74 Å². The maximum Gasteiger partial charge on any atom is 0.194 e. The molecule has 1 aromatic rings. The van der Waals surface area contributed by atoms with E-state index in [-0.39, 0.29) is 24.0 Å². The molecule has 0 aliphatic carbocycles. The molecule has 7 heteroatoms. The van der Waals surface area contributed by atoms with Gasteiger partial charge in [-0.05, 0) is 31.0 Å². The van der Waals surface area contributed by atoms with Crippen molar-refractivity contribution in [1.29, 1.82) is 0 Å². The molecule has 1 aromatic carbocycles. The summed E-state index contributed by atoms with van der Waals surface area (Å²) in [6.07, 6.45) is 0.570. The maximum absolute atomic E-state index is 10.4. The molecule has 0 saturated carbocycles. The number of nitrogens with zero attached hydrogens (tertiary/aromatic N) is 2. The largest absolute Gasteiger partial charge is 0.497 e. The van der Waals surface area contributed by atoms with Crippen LogP contribution < -0.4 is 10.1 Å². The van der Waals surface area contributed by atoms with E-state index in [1.807, 2.05) is 36.0 Å². The fourth-order valence-electron chi connectivity index (χ4n) is 2.69. The van der Waals surface area contributed by atoms with Gasteiger partial charge in [-0.3, -0.25) is 4.99 Å². The molecule has 25 heavy (non-hydrogen) atoms. The summed E-state index contributed by atoms with van der Waals surface area (Å²) in [5.74, 6) is 2.83. The molecular weight excluding hydrogens is 449 g/mol. The molecule has 0 amide bonds. The molecule has 2 rings (SSSR count). The fraction of sp³-hybridized carbons (Fsp3) is 0.611. The number of thioether (sulfide) groups is 1. The molecule has 1 aliphatic heterocycles. The first kappa shape index (κ1) is 22.4. The zero-order valence-electron chi connectivity index (χ0n) is 15.3. The van der Waals surface area contributed by atoms with Crippen molar-refractivity contribution in [2.24, 2.45) is 4.99 Å². The number of guanidine groups is 1. The Morgan fingerprint density at radius 1 is 1.40 bits per heavy atom. The van der Waals surface area contributed by atoms with Gasteiger partial charge in [0.05, 0.1) is 19.8 Å². The second-order valence-electron chi connectivity index (χ2n) is 5.83. The molecule has 142 valence electrons. The molecular formula is C18H30IN3O2S. The monoisotopic (exact) mass is 479 g/mol. The van der Waals surface area contributed by atoms with E-state index >= 15 is 0 Å². The van der Waals surface area contributed by atoms with Crippen LogP contribution in [0.4, 0.5) is 0 Å². The number of rotatable bonds is 6. The zero-order chi connectivity index (χ0) is 17.4. The van der Waals surface area contributed by atoms with E-state index in [0.717, 1.165) is 42.7 Å². The van der Waals surface area contributed by atoms with Crippen LogP contribution in [0.5, 0.6) is 5.75 Å². The predicted octanol–water partition coefficient (Wildman–Crippen LogP) is 3.14. The Balaban J connectivity index is 0.00000312. The molecule has 5 nitrogen and oxygen atoms in total. The van der Waals surface area contributed by atoms with Crippen molar-refractivity contribution >= 4 is 41.7 Å². The summed E-state index contributed by atoms with van der Waals surface area (Å²) in [4.78, 5) is 6.98. The maximum atomic E-state index is 10.4. The number of nitrogens with one attached hydrogen (secondary N) is 1. The first-order chi connectivity index (χ1) is 11.7. The van der Waals surface area contributed by atoms with Gasteiger partial charge in [-0.1, -0.05) is 19.1 Å². The Labute approximate surface area is 172 Å². The van der Waals surface area contributed by atoms with Gasteiger partial charge in [0.25, 0.3) is 0 Å². The molecule has 1 saturated heterocycles. The average molecular weight is 479 g/mol. The number of benzene rings is 1. The normalized spacial score (nSPS) is 19.1. The van der Waals surface area contributed by atoms with E-state index in [0.29, 0.717) is 11.8 Å². The van der Waals surface area contributed by atoms with Gasteiger partial charge in [0.2, 0.25) is 0 Å². The molecule has 0 radical (unpaired) electrons. The highest BCUT2D eigenvalue weighted by Crippen LogP contribution is 2.22. The van der Waals surface area contributed by atoms with Crippen molar-refractivity contribution in [3.63, 3.8) is 0 Å². The Morgan fingerprint density at radius 2 is 2.12 bits per heavy atom. The van der Waals surface area contributed by atoms with Crippen molar-refractivity contribution in [3.8, 4) is 5.75 Å². The summed E-state index contributed by atoms with van der Waals surface area (Å²) in [6, 6.07) is 7.50. The summed E-state index contributed by atoms with van der Waals surface area (Å²) in [5.41, 5.74) is 0.857. The van der Waals surface area contributed by atoms with E-state index in [1.165, 1.54) is 6.42 Å². The van der Waals surface area contributed by atoms with E-state index in [2.05, 4.69) is 29.1 Å². The van der Waals surface area contributed by atoms with Crippen molar-refractivity contribution < 1.29 is 9.84 Å². The Hall–Kier alpha value is -0.670. The van der Waals surface area contributed by atoms with Crippen LogP contribution in [0.15, 0.2) is 29.3 Å². The minimum Gasteiger partial charge on any atom is -0.497 e. The quantitative estimate of drug-likeness (QED) is 0.373. The Bertz CT molecular complexity index is 528. The Kier molecular flexibility index (Phi) is 10.6. The molecule has 1 heterocycles. The van der Waals surface area contributed by atoms with Crippen LogP contribution in [0, 0.1) is 0 Å². The molecule has 2 unspecified atom stereocenters. The van der Waals surface area contributed by atoms with Gasteiger partial charge in [0.15, 0.2) is 5.96 Å². The van der Waals surface area contributed by atoms with E-state index in [1.54, 1.807) is 7.11 Å². The van der Waals surface area contributed by atoms with Gasteiger partial charge in [0.1, 0.15) is 5.75 Å². The van der Waals surface area contributed by atoms with Crippen LogP contribution in [0.3, 0.4) is 0 Å². The van der Waals surface area contributed by atoms with Gasteiger partial charge < -0.3 is 20.1 Å². The summed E-state index contributed by atoms with van der Waals surface area (Å²) in [6.45, 7) is 7.52. The van der Waals surface area contributed by atoms with Gasteiger partial charge >= 0.3 is 0 Å². The van der Waals surface area contributed by atoms with Gasteiger partial charge in [-0.25, -0.2) is 0 Å². The first-order valence-electron chi connectivity index (χ1n) is 8.64. The van der Waals surface area contributed by atoms with Crippen LogP contribution in [0.2, 0.25) is 0 Å². The molecule has 1 aliphatic rings. The number of aliphatic hydroxyl groups is 1. The average Bonchev–Trinajstić information content (AvgIpc) is 2.65.